The second-order valence-corrected chi connectivity index (χ2v) is 11.7. The Morgan fingerprint density at radius 3 is 2.59 bits per heavy atom. The van der Waals surface area contributed by atoms with E-state index in [9.17, 15) is 22.8 Å². The SMILES string of the molecule is Cc1occc1C(=O)N[C@@H](CC1CCCCC1)C(=O)N[C@H]1CCCN(S(=O)(=O)c2ccccn2)CC1=O. The summed E-state index contributed by atoms with van der Waals surface area (Å²) in [6.07, 6.45) is 9.35. The van der Waals surface area contributed by atoms with Gasteiger partial charge in [0, 0.05) is 12.7 Å². The highest BCUT2D eigenvalue weighted by molar-refractivity contribution is 7.89. The lowest BCUT2D eigenvalue weighted by Gasteiger charge is -2.28. The van der Waals surface area contributed by atoms with E-state index in [0.717, 1.165) is 30.0 Å². The van der Waals surface area contributed by atoms with Gasteiger partial charge in [-0.25, -0.2) is 13.4 Å². The molecule has 11 heteroatoms. The number of rotatable bonds is 8. The van der Waals surface area contributed by atoms with E-state index in [2.05, 4.69) is 15.6 Å². The van der Waals surface area contributed by atoms with Crippen molar-refractivity contribution >= 4 is 27.6 Å². The average molecular weight is 531 g/mol. The molecule has 1 saturated carbocycles. The Morgan fingerprint density at radius 2 is 1.92 bits per heavy atom. The summed E-state index contributed by atoms with van der Waals surface area (Å²) < 4.78 is 32.3. The van der Waals surface area contributed by atoms with E-state index in [1.54, 1.807) is 25.1 Å². The van der Waals surface area contributed by atoms with E-state index >= 15 is 0 Å². The zero-order chi connectivity index (χ0) is 26.4. The second-order valence-electron chi connectivity index (χ2n) is 9.83. The summed E-state index contributed by atoms with van der Waals surface area (Å²) in [4.78, 5) is 43.3. The zero-order valence-corrected chi connectivity index (χ0v) is 21.8. The smallest absolute Gasteiger partial charge is 0.260 e. The van der Waals surface area contributed by atoms with Crippen LogP contribution in [0, 0.1) is 12.8 Å². The number of amides is 2. The fraction of sp³-hybridized carbons (Fsp3) is 0.538. The fourth-order valence-corrected chi connectivity index (χ4v) is 6.48. The van der Waals surface area contributed by atoms with Gasteiger partial charge in [0.2, 0.25) is 5.91 Å². The van der Waals surface area contributed by atoms with Crippen molar-refractivity contribution < 1.29 is 27.2 Å². The normalized spacial score (nSPS) is 20.7. The molecule has 2 N–H and O–H groups in total. The number of carbonyl (C=O) groups excluding carboxylic acids is 3. The maximum atomic E-state index is 13.4. The molecule has 37 heavy (non-hydrogen) atoms. The predicted molar refractivity (Wildman–Crippen MR) is 135 cm³/mol. The number of sulfonamides is 1. The van der Waals surface area contributed by atoms with E-state index < -0.39 is 39.7 Å². The van der Waals surface area contributed by atoms with E-state index in [4.69, 9.17) is 4.42 Å². The minimum absolute atomic E-state index is 0.116. The van der Waals surface area contributed by atoms with Gasteiger partial charge >= 0.3 is 0 Å². The van der Waals surface area contributed by atoms with Crippen LogP contribution in [0.25, 0.3) is 0 Å². The van der Waals surface area contributed by atoms with Gasteiger partial charge in [0.1, 0.15) is 11.8 Å². The van der Waals surface area contributed by atoms with Gasteiger partial charge in [0.15, 0.2) is 10.8 Å². The summed E-state index contributed by atoms with van der Waals surface area (Å²) in [6, 6.07) is 4.51. The monoisotopic (exact) mass is 530 g/mol. The van der Waals surface area contributed by atoms with Crippen molar-refractivity contribution in [2.24, 2.45) is 5.92 Å². The number of pyridine rings is 1. The van der Waals surface area contributed by atoms with Crippen LogP contribution in [0.15, 0.2) is 46.2 Å². The van der Waals surface area contributed by atoms with Crippen LogP contribution in [0.2, 0.25) is 0 Å². The van der Waals surface area contributed by atoms with Crippen LogP contribution < -0.4 is 10.6 Å². The Kier molecular flexibility index (Phi) is 8.75. The lowest BCUT2D eigenvalue weighted by molar-refractivity contribution is -0.129. The Labute approximate surface area is 217 Å². The van der Waals surface area contributed by atoms with Crippen molar-refractivity contribution in [3.63, 3.8) is 0 Å². The molecule has 0 bridgehead atoms. The van der Waals surface area contributed by atoms with Crippen molar-refractivity contribution in [1.82, 2.24) is 19.9 Å². The lowest BCUT2D eigenvalue weighted by atomic mass is 9.84. The van der Waals surface area contributed by atoms with Gasteiger partial charge in [-0.15, -0.1) is 0 Å². The van der Waals surface area contributed by atoms with Crippen LogP contribution in [0.5, 0.6) is 0 Å². The minimum Gasteiger partial charge on any atom is -0.469 e. The highest BCUT2D eigenvalue weighted by atomic mass is 32.2. The van der Waals surface area contributed by atoms with E-state index in [1.807, 2.05) is 0 Å². The van der Waals surface area contributed by atoms with Crippen LogP contribution in [0.4, 0.5) is 0 Å². The number of ketones is 1. The number of Topliss-reactive ketones (excluding diaryl/α,β-unsaturated/α-hetero) is 1. The first-order valence-corrected chi connectivity index (χ1v) is 14.3. The third kappa shape index (κ3) is 6.64. The summed E-state index contributed by atoms with van der Waals surface area (Å²) >= 11 is 0. The molecular weight excluding hydrogens is 496 g/mol. The van der Waals surface area contributed by atoms with Crippen molar-refractivity contribution in [3.05, 3.63) is 48.0 Å². The van der Waals surface area contributed by atoms with Gasteiger partial charge in [0.05, 0.1) is 24.4 Å². The van der Waals surface area contributed by atoms with Gasteiger partial charge in [-0.05, 0) is 50.3 Å². The molecular formula is C26H34N4O6S. The number of hydrogen-bond acceptors (Lipinski definition) is 7. The van der Waals surface area contributed by atoms with E-state index in [0.29, 0.717) is 36.5 Å². The molecule has 2 fully saturated rings. The van der Waals surface area contributed by atoms with Gasteiger partial charge in [-0.1, -0.05) is 38.2 Å². The highest BCUT2D eigenvalue weighted by Crippen LogP contribution is 2.28. The number of aromatic nitrogens is 1. The fourth-order valence-electron chi connectivity index (χ4n) is 5.10. The molecule has 10 nitrogen and oxygen atoms in total. The molecule has 1 saturated heterocycles. The van der Waals surface area contributed by atoms with Crippen molar-refractivity contribution in [2.45, 2.75) is 75.4 Å². The summed E-state index contributed by atoms with van der Waals surface area (Å²) in [7, 11) is -3.93. The molecule has 2 aromatic heterocycles. The Morgan fingerprint density at radius 1 is 1.14 bits per heavy atom. The molecule has 200 valence electrons. The summed E-state index contributed by atoms with van der Waals surface area (Å²) in [5.74, 6) is -0.457. The number of nitrogens with zero attached hydrogens (tertiary/aromatic N) is 2. The first-order chi connectivity index (χ1) is 17.8. The molecule has 2 aromatic rings. The van der Waals surface area contributed by atoms with Gasteiger partial charge < -0.3 is 15.1 Å². The standard InChI is InChI=1S/C26H34N4O6S/c1-18-20(12-15-36-18)25(32)29-22(16-19-8-3-2-4-9-19)26(33)28-21-10-7-14-30(17-23(21)31)37(34,35)24-11-5-6-13-27-24/h5-6,11-13,15,19,21-22H,2-4,7-10,14,16-17H2,1H3,(H,28,33)(H,29,32)/t21-,22-/m0/s1. The number of carbonyl (C=O) groups is 3. The molecule has 1 aliphatic heterocycles. The summed E-state index contributed by atoms with van der Waals surface area (Å²) in [5.41, 5.74) is 0.363. The van der Waals surface area contributed by atoms with Crippen LogP contribution in [0.3, 0.4) is 0 Å². The zero-order valence-electron chi connectivity index (χ0n) is 21.0. The average Bonchev–Trinajstić information content (AvgIpc) is 3.24. The molecule has 2 amide bonds. The van der Waals surface area contributed by atoms with Crippen LogP contribution in [-0.4, -0.2) is 60.5 Å². The van der Waals surface area contributed by atoms with Gasteiger partial charge in [-0.3, -0.25) is 14.4 Å². The Balaban J connectivity index is 1.45. The molecule has 0 aromatic carbocycles. The Bertz CT molecular complexity index is 1210. The van der Waals surface area contributed by atoms with Crippen molar-refractivity contribution in [1.29, 1.82) is 0 Å². The van der Waals surface area contributed by atoms with Crippen LogP contribution >= 0.6 is 0 Å². The maximum absolute atomic E-state index is 13.4. The first-order valence-electron chi connectivity index (χ1n) is 12.8. The molecule has 1 aliphatic carbocycles. The van der Waals surface area contributed by atoms with Crippen molar-refractivity contribution in [2.75, 3.05) is 13.1 Å². The number of aryl methyl sites for hydroxylation is 1. The third-order valence-electron chi connectivity index (χ3n) is 7.20. The summed E-state index contributed by atoms with van der Waals surface area (Å²) in [6.45, 7) is 1.48. The number of hydrogen-bond donors (Lipinski definition) is 2. The van der Waals surface area contributed by atoms with Crippen LogP contribution in [-0.2, 0) is 19.6 Å². The lowest BCUT2D eigenvalue weighted by Crippen LogP contribution is -2.53. The van der Waals surface area contributed by atoms with E-state index in [1.165, 1.54) is 24.9 Å². The molecule has 2 aliphatic rings. The molecule has 0 radical (unpaired) electrons. The van der Waals surface area contributed by atoms with Crippen molar-refractivity contribution in [3.8, 4) is 0 Å². The summed E-state index contributed by atoms with van der Waals surface area (Å²) in [5, 5.41) is 5.54. The first kappa shape index (κ1) is 27.0. The highest BCUT2D eigenvalue weighted by Gasteiger charge is 2.35. The van der Waals surface area contributed by atoms with Gasteiger partial charge in [0.25, 0.3) is 15.9 Å². The molecule has 3 heterocycles. The van der Waals surface area contributed by atoms with E-state index in [-0.39, 0.29) is 18.1 Å². The minimum atomic E-state index is -3.93. The Hall–Kier alpha value is -3.05. The maximum Gasteiger partial charge on any atom is 0.260 e. The second kappa shape index (κ2) is 12.0. The molecule has 2 atom stereocenters. The number of nitrogens with one attached hydrogen (secondary N) is 2. The largest absolute Gasteiger partial charge is 0.469 e. The molecule has 0 unspecified atom stereocenters. The van der Waals surface area contributed by atoms with Crippen LogP contribution in [0.1, 0.15) is 67.5 Å². The molecule has 0 spiro atoms. The quantitative estimate of drug-likeness (QED) is 0.535. The number of furan rings is 1. The topological polar surface area (TPSA) is 139 Å². The third-order valence-corrected chi connectivity index (χ3v) is 8.96. The predicted octanol–water partition coefficient (Wildman–Crippen LogP) is 2.59. The van der Waals surface area contributed by atoms with Gasteiger partial charge in [-0.2, -0.15) is 4.31 Å². The molecule has 4 rings (SSSR count).